The van der Waals surface area contributed by atoms with Crippen LogP contribution in [-0.4, -0.2) is 47.3 Å². The van der Waals surface area contributed by atoms with Crippen LogP contribution < -0.4 is 5.32 Å². The van der Waals surface area contributed by atoms with Gasteiger partial charge in [-0.05, 0) is 31.0 Å². The maximum absolute atomic E-state index is 12.2. The van der Waals surface area contributed by atoms with Crippen molar-refractivity contribution in [2.75, 3.05) is 31.6 Å². The first-order chi connectivity index (χ1) is 10.5. The average molecular weight is 303 g/mol. The Hall–Kier alpha value is -2.36. The van der Waals surface area contributed by atoms with Crippen molar-refractivity contribution < 1.29 is 15.0 Å². The van der Waals surface area contributed by atoms with Crippen molar-refractivity contribution >= 4 is 11.6 Å². The summed E-state index contributed by atoms with van der Waals surface area (Å²) in [4.78, 5) is 13.7. The smallest absolute Gasteiger partial charge is 0.267 e. The lowest BCUT2D eigenvalue weighted by Crippen LogP contribution is -2.26. The first-order valence-corrected chi connectivity index (χ1v) is 6.98. The molecule has 0 unspecified atom stereocenters. The lowest BCUT2D eigenvalue weighted by molar-refractivity contribution is -0.112. The molecule has 0 spiro atoms. The topological polar surface area (TPSA) is 96.6 Å². The quantitative estimate of drug-likeness (QED) is 0.514. The minimum atomic E-state index is -0.517. The summed E-state index contributed by atoms with van der Waals surface area (Å²) in [7, 11) is 0. The van der Waals surface area contributed by atoms with Gasteiger partial charge in [-0.1, -0.05) is 12.1 Å². The minimum absolute atomic E-state index is 0.0807. The number of nitriles is 1. The van der Waals surface area contributed by atoms with Crippen LogP contribution in [0, 0.1) is 25.2 Å². The summed E-state index contributed by atoms with van der Waals surface area (Å²) in [6, 6.07) is 7.39. The summed E-state index contributed by atoms with van der Waals surface area (Å²) in [5.41, 5.74) is 2.56. The van der Waals surface area contributed by atoms with Crippen LogP contribution in [0.25, 0.3) is 0 Å². The molecule has 0 aliphatic carbocycles. The zero-order chi connectivity index (χ0) is 16.5. The average Bonchev–Trinajstić information content (AvgIpc) is 2.49. The van der Waals surface area contributed by atoms with Crippen LogP contribution in [0.5, 0.6) is 0 Å². The molecule has 118 valence electrons. The fourth-order valence-corrected chi connectivity index (χ4v) is 1.89. The van der Waals surface area contributed by atoms with E-state index >= 15 is 0 Å². The number of nitrogens with zero attached hydrogens (tertiary/aromatic N) is 2. The Morgan fingerprint density at radius 3 is 2.50 bits per heavy atom. The van der Waals surface area contributed by atoms with E-state index in [1.54, 1.807) is 6.07 Å². The number of rotatable bonds is 7. The molecule has 0 aliphatic heterocycles. The molecule has 0 aliphatic rings. The number of aliphatic hydroxyl groups excluding tert-OH is 2. The van der Waals surface area contributed by atoms with Gasteiger partial charge in [-0.25, -0.2) is 0 Å². The number of aryl methyl sites for hydroxylation is 1. The minimum Gasteiger partial charge on any atom is -0.395 e. The van der Waals surface area contributed by atoms with Crippen molar-refractivity contribution in [3.63, 3.8) is 0 Å². The second-order valence-corrected chi connectivity index (χ2v) is 4.84. The zero-order valence-corrected chi connectivity index (χ0v) is 12.8. The molecule has 0 fully saturated rings. The van der Waals surface area contributed by atoms with Crippen molar-refractivity contribution in [3.8, 4) is 6.07 Å². The van der Waals surface area contributed by atoms with Crippen LogP contribution in [0.15, 0.2) is 30.0 Å². The maximum atomic E-state index is 12.2. The molecule has 0 bridgehead atoms. The Kier molecular flexibility index (Phi) is 7.09. The highest BCUT2D eigenvalue weighted by Gasteiger charge is 2.13. The Balaban J connectivity index is 2.92. The first-order valence-electron chi connectivity index (χ1n) is 6.98. The first kappa shape index (κ1) is 17.7. The van der Waals surface area contributed by atoms with Crippen molar-refractivity contribution in [1.82, 2.24) is 4.90 Å². The Labute approximate surface area is 130 Å². The number of hydrogen-bond donors (Lipinski definition) is 3. The summed E-state index contributed by atoms with van der Waals surface area (Å²) in [6.07, 6.45) is 1.35. The zero-order valence-electron chi connectivity index (χ0n) is 12.8. The molecule has 1 rings (SSSR count). The Morgan fingerprint density at radius 2 is 1.95 bits per heavy atom. The van der Waals surface area contributed by atoms with Gasteiger partial charge >= 0.3 is 0 Å². The second kappa shape index (κ2) is 8.82. The fourth-order valence-electron chi connectivity index (χ4n) is 1.89. The highest BCUT2D eigenvalue weighted by Crippen LogP contribution is 2.18. The van der Waals surface area contributed by atoms with Gasteiger partial charge in [0, 0.05) is 25.0 Å². The summed E-state index contributed by atoms with van der Waals surface area (Å²) in [6.45, 7) is 4.05. The molecule has 1 aromatic rings. The molecule has 1 amide bonds. The second-order valence-electron chi connectivity index (χ2n) is 4.84. The maximum Gasteiger partial charge on any atom is 0.267 e. The van der Waals surface area contributed by atoms with E-state index in [1.807, 2.05) is 32.0 Å². The third kappa shape index (κ3) is 4.88. The number of benzene rings is 1. The van der Waals surface area contributed by atoms with Gasteiger partial charge in [-0.15, -0.1) is 0 Å². The summed E-state index contributed by atoms with van der Waals surface area (Å²) in [5.74, 6) is -0.517. The summed E-state index contributed by atoms with van der Waals surface area (Å²) >= 11 is 0. The molecule has 1 aromatic carbocycles. The normalized spacial score (nSPS) is 11.0. The van der Waals surface area contributed by atoms with Crippen molar-refractivity contribution in [2.45, 2.75) is 13.8 Å². The monoisotopic (exact) mass is 303 g/mol. The van der Waals surface area contributed by atoms with E-state index in [1.165, 1.54) is 11.1 Å². The van der Waals surface area contributed by atoms with Gasteiger partial charge < -0.3 is 20.4 Å². The van der Waals surface area contributed by atoms with E-state index in [4.69, 9.17) is 15.5 Å². The number of anilines is 1. The van der Waals surface area contributed by atoms with E-state index < -0.39 is 5.91 Å². The van der Waals surface area contributed by atoms with E-state index in [9.17, 15) is 4.79 Å². The molecule has 0 aromatic heterocycles. The van der Waals surface area contributed by atoms with Crippen LogP contribution in [0.3, 0.4) is 0 Å². The number of carbonyl (C=O) groups excluding carboxylic acids is 1. The molecule has 6 heteroatoms. The number of hydrogen-bond acceptors (Lipinski definition) is 5. The third-order valence-electron chi connectivity index (χ3n) is 3.30. The van der Waals surface area contributed by atoms with E-state index in [-0.39, 0.29) is 31.9 Å². The number of amides is 1. The van der Waals surface area contributed by atoms with Crippen molar-refractivity contribution in [1.29, 1.82) is 5.26 Å². The van der Waals surface area contributed by atoms with Gasteiger partial charge in [0.15, 0.2) is 0 Å². The predicted octanol–water partition coefficient (Wildman–Crippen LogP) is 0.936. The van der Waals surface area contributed by atoms with E-state index in [0.717, 1.165) is 11.1 Å². The molecule has 0 saturated carbocycles. The predicted molar refractivity (Wildman–Crippen MR) is 84.0 cm³/mol. The lowest BCUT2D eigenvalue weighted by atomic mass is 10.1. The molecule has 0 radical (unpaired) electrons. The SMILES string of the molecule is Cc1cccc(NC(=O)/C(C#N)=C\N(CCO)CCO)c1C. The van der Waals surface area contributed by atoms with Crippen LogP contribution in [0.1, 0.15) is 11.1 Å². The van der Waals surface area contributed by atoms with Crippen molar-refractivity contribution in [2.24, 2.45) is 0 Å². The fraction of sp³-hybridized carbons (Fsp3) is 0.375. The summed E-state index contributed by atoms with van der Waals surface area (Å²) < 4.78 is 0. The Morgan fingerprint density at radius 1 is 1.32 bits per heavy atom. The van der Waals surface area contributed by atoms with E-state index in [2.05, 4.69) is 5.32 Å². The molecule has 3 N–H and O–H groups in total. The van der Waals surface area contributed by atoms with Crippen LogP contribution in [-0.2, 0) is 4.79 Å². The van der Waals surface area contributed by atoms with Gasteiger partial charge in [0.1, 0.15) is 11.6 Å². The highest BCUT2D eigenvalue weighted by atomic mass is 16.3. The molecular weight excluding hydrogens is 282 g/mol. The molecule has 22 heavy (non-hydrogen) atoms. The van der Waals surface area contributed by atoms with Crippen LogP contribution >= 0.6 is 0 Å². The van der Waals surface area contributed by atoms with Crippen LogP contribution in [0.4, 0.5) is 5.69 Å². The number of nitrogens with one attached hydrogen (secondary N) is 1. The molecular formula is C16H21N3O3. The lowest BCUT2D eigenvalue weighted by Gasteiger charge is -2.18. The highest BCUT2D eigenvalue weighted by molar-refractivity contribution is 6.06. The number of aliphatic hydroxyl groups is 2. The van der Waals surface area contributed by atoms with Gasteiger partial charge in [-0.3, -0.25) is 4.79 Å². The van der Waals surface area contributed by atoms with E-state index in [0.29, 0.717) is 5.69 Å². The Bertz CT molecular complexity index is 585. The van der Waals surface area contributed by atoms with Crippen LogP contribution in [0.2, 0.25) is 0 Å². The standard InChI is InChI=1S/C16H21N3O3/c1-12-4-3-5-15(13(12)2)18-16(22)14(10-17)11-19(6-8-20)7-9-21/h3-5,11,20-21H,6-9H2,1-2H3,(H,18,22)/b14-11-. The van der Waals surface area contributed by atoms with Gasteiger partial charge in [-0.2, -0.15) is 5.26 Å². The number of carbonyl (C=O) groups is 1. The third-order valence-corrected chi connectivity index (χ3v) is 3.30. The molecule has 0 heterocycles. The molecule has 0 saturated heterocycles. The summed E-state index contributed by atoms with van der Waals surface area (Å²) in [5, 5.41) is 29.8. The van der Waals surface area contributed by atoms with Gasteiger partial charge in [0.2, 0.25) is 0 Å². The molecule has 0 atom stereocenters. The largest absolute Gasteiger partial charge is 0.395 e. The van der Waals surface area contributed by atoms with Gasteiger partial charge in [0.25, 0.3) is 5.91 Å². The van der Waals surface area contributed by atoms with Crippen molar-refractivity contribution in [3.05, 3.63) is 41.1 Å². The van der Waals surface area contributed by atoms with Gasteiger partial charge in [0.05, 0.1) is 13.2 Å². The molecule has 6 nitrogen and oxygen atoms in total.